The van der Waals surface area contributed by atoms with E-state index in [1.54, 1.807) is 11.7 Å². The summed E-state index contributed by atoms with van der Waals surface area (Å²) in [5.74, 6) is 0.420. The number of hydrogen-bond acceptors (Lipinski definition) is 8. The molecule has 226 valence electrons. The number of benzene rings is 1. The number of para-hydroxylation sites is 1. The molecular weight excluding hydrogens is 552 g/mol. The van der Waals surface area contributed by atoms with E-state index in [4.69, 9.17) is 4.98 Å². The van der Waals surface area contributed by atoms with Crippen LogP contribution in [0.5, 0.6) is 0 Å². The van der Waals surface area contributed by atoms with Crippen molar-refractivity contribution in [2.45, 2.75) is 77.3 Å². The summed E-state index contributed by atoms with van der Waals surface area (Å²) in [6.07, 6.45) is 8.11. The molecule has 2 aliphatic rings. The third-order valence-electron chi connectivity index (χ3n) is 8.36. The Labute approximate surface area is 248 Å². The van der Waals surface area contributed by atoms with Gasteiger partial charge in [0.05, 0.1) is 17.1 Å². The average molecular weight is 595 g/mol. The average Bonchev–Trinajstić information content (AvgIpc) is 3.34. The quantitative estimate of drug-likeness (QED) is 0.265. The highest BCUT2D eigenvalue weighted by molar-refractivity contribution is 7.89. The van der Waals surface area contributed by atoms with E-state index < -0.39 is 10.0 Å². The van der Waals surface area contributed by atoms with Gasteiger partial charge in [-0.3, -0.25) is 9.48 Å². The van der Waals surface area contributed by atoms with Crippen molar-refractivity contribution in [3.8, 4) is 11.4 Å². The molecule has 11 nitrogen and oxygen atoms in total. The Morgan fingerprint density at radius 3 is 2.40 bits per heavy atom. The molecule has 0 atom stereocenters. The summed E-state index contributed by atoms with van der Waals surface area (Å²) in [5, 5.41) is 14.2. The molecular formula is C30H42N8O3S. The lowest BCUT2D eigenvalue weighted by Crippen LogP contribution is -2.42. The highest BCUT2D eigenvalue weighted by Crippen LogP contribution is 2.35. The summed E-state index contributed by atoms with van der Waals surface area (Å²) in [6, 6.07) is 6.26. The number of anilines is 2. The van der Waals surface area contributed by atoms with E-state index in [1.165, 1.54) is 0 Å². The number of amides is 1. The smallest absolute Gasteiger partial charge is 0.276 e. The molecule has 4 N–H and O–H groups in total. The molecule has 0 saturated heterocycles. The number of hydrogen-bond donors (Lipinski definition) is 4. The summed E-state index contributed by atoms with van der Waals surface area (Å²) in [5.41, 5.74) is 7.15. The van der Waals surface area contributed by atoms with Crippen molar-refractivity contribution in [1.29, 1.82) is 0 Å². The van der Waals surface area contributed by atoms with Crippen molar-refractivity contribution in [3.05, 3.63) is 52.3 Å². The van der Waals surface area contributed by atoms with Crippen LogP contribution in [-0.2, 0) is 42.8 Å². The molecule has 1 saturated carbocycles. The van der Waals surface area contributed by atoms with Gasteiger partial charge < -0.3 is 16.0 Å². The molecule has 0 radical (unpaired) electrons. The third kappa shape index (κ3) is 6.50. The van der Waals surface area contributed by atoms with Crippen molar-refractivity contribution in [2.24, 2.45) is 7.05 Å². The van der Waals surface area contributed by atoms with E-state index >= 15 is 0 Å². The minimum atomic E-state index is -3.29. The Morgan fingerprint density at radius 2 is 1.74 bits per heavy atom. The molecule has 12 heteroatoms. The Morgan fingerprint density at radius 1 is 1.05 bits per heavy atom. The van der Waals surface area contributed by atoms with Crippen LogP contribution in [0, 0.1) is 0 Å². The van der Waals surface area contributed by atoms with Gasteiger partial charge in [0.1, 0.15) is 0 Å². The van der Waals surface area contributed by atoms with E-state index in [9.17, 15) is 13.2 Å². The predicted octanol–water partition coefficient (Wildman–Crippen LogP) is 3.21. The van der Waals surface area contributed by atoms with E-state index in [2.05, 4.69) is 56.7 Å². The molecule has 3 aromatic rings. The summed E-state index contributed by atoms with van der Waals surface area (Å²) >= 11 is 0. The number of nitrogens with one attached hydrogen (secondary N) is 4. The topological polar surface area (TPSA) is 143 Å². The number of nitrogens with zero attached hydrogens (tertiary/aromatic N) is 4. The van der Waals surface area contributed by atoms with Gasteiger partial charge in [-0.25, -0.2) is 23.1 Å². The maximum Gasteiger partial charge on any atom is 0.276 e. The van der Waals surface area contributed by atoms with Gasteiger partial charge in [-0.15, -0.1) is 0 Å². The zero-order valence-corrected chi connectivity index (χ0v) is 25.8. The maximum absolute atomic E-state index is 13.6. The second kappa shape index (κ2) is 12.9. The van der Waals surface area contributed by atoms with E-state index in [1.807, 2.05) is 19.3 Å². The molecule has 42 heavy (non-hydrogen) atoms. The summed E-state index contributed by atoms with van der Waals surface area (Å²) in [4.78, 5) is 23.1. The van der Waals surface area contributed by atoms with Gasteiger partial charge in [0.25, 0.3) is 5.91 Å². The van der Waals surface area contributed by atoms with Crippen LogP contribution >= 0.6 is 0 Å². The summed E-state index contributed by atoms with van der Waals surface area (Å²) in [6.45, 7) is 4.61. The van der Waals surface area contributed by atoms with Crippen molar-refractivity contribution < 1.29 is 13.2 Å². The zero-order chi connectivity index (χ0) is 29.9. The number of aryl methyl sites for hydroxylation is 4. The Bertz CT molecular complexity index is 1520. The van der Waals surface area contributed by atoms with Gasteiger partial charge in [0.15, 0.2) is 5.69 Å². The normalized spacial score (nSPS) is 18.3. The van der Waals surface area contributed by atoms with Crippen molar-refractivity contribution in [2.75, 3.05) is 30.0 Å². The molecule has 0 bridgehead atoms. The number of sulfonamides is 1. The predicted molar refractivity (Wildman–Crippen MR) is 165 cm³/mol. The lowest BCUT2D eigenvalue weighted by atomic mass is 9.92. The Kier molecular flexibility index (Phi) is 9.24. The van der Waals surface area contributed by atoms with Crippen LogP contribution in [0.1, 0.15) is 72.3 Å². The minimum absolute atomic E-state index is 0.0476. The SMILES string of the molecule is CCc1cccc(CC)c1NC(=O)c1nn(C)c2c1CCc1cnc(NC3CCC(NS(=O)(=O)CCNC)CC3)nc1-2. The van der Waals surface area contributed by atoms with Crippen molar-refractivity contribution >= 4 is 27.6 Å². The fraction of sp³-hybridized carbons (Fsp3) is 0.533. The lowest BCUT2D eigenvalue weighted by molar-refractivity contribution is 0.102. The molecule has 2 aliphatic carbocycles. The first-order chi connectivity index (χ1) is 20.2. The van der Waals surface area contributed by atoms with Crippen LogP contribution in [0.2, 0.25) is 0 Å². The monoisotopic (exact) mass is 594 g/mol. The van der Waals surface area contributed by atoms with E-state index in [0.717, 1.165) is 84.3 Å². The van der Waals surface area contributed by atoms with Crippen LogP contribution in [0.15, 0.2) is 24.4 Å². The Hall–Kier alpha value is -3.35. The summed E-state index contributed by atoms with van der Waals surface area (Å²) < 4.78 is 29.1. The number of rotatable bonds is 11. The fourth-order valence-electron chi connectivity index (χ4n) is 6.07. The molecule has 0 aliphatic heterocycles. The second-order valence-corrected chi connectivity index (χ2v) is 13.1. The van der Waals surface area contributed by atoms with Gasteiger partial charge in [-0.1, -0.05) is 32.0 Å². The molecule has 0 unspecified atom stereocenters. The zero-order valence-electron chi connectivity index (χ0n) is 25.0. The number of carbonyl (C=O) groups excluding carboxylic acids is 1. The van der Waals surface area contributed by atoms with Crippen molar-refractivity contribution in [1.82, 2.24) is 29.8 Å². The first kappa shape index (κ1) is 30.1. The lowest BCUT2D eigenvalue weighted by Gasteiger charge is -2.29. The Balaban J connectivity index is 1.30. The molecule has 1 aromatic carbocycles. The largest absolute Gasteiger partial charge is 0.351 e. The molecule has 0 spiro atoms. The number of carbonyl (C=O) groups is 1. The first-order valence-corrected chi connectivity index (χ1v) is 16.6. The standard InChI is InChI=1S/C30H42N8O3S/c1-5-19-8-7-9-20(6-2)25(19)34-29(39)27-24-15-10-21-18-32-30(35-26(21)28(24)38(4)36-27)33-22-11-13-23(14-12-22)37-42(40,41)17-16-31-3/h7-9,18,22-23,31,37H,5-6,10-17H2,1-4H3,(H,34,39)(H,32,33,35). The van der Waals surface area contributed by atoms with Crippen molar-refractivity contribution in [3.63, 3.8) is 0 Å². The van der Waals surface area contributed by atoms with Crippen LogP contribution in [0.25, 0.3) is 11.4 Å². The molecule has 1 fully saturated rings. The molecule has 2 heterocycles. The first-order valence-electron chi connectivity index (χ1n) is 15.0. The second-order valence-electron chi connectivity index (χ2n) is 11.2. The van der Waals surface area contributed by atoms with Gasteiger partial charge in [0.2, 0.25) is 16.0 Å². The summed E-state index contributed by atoms with van der Waals surface area (Å²) in [7, 11) is 0.317. The van der Waals surface area contributed by atoms with Gasteiger partial charge >= 0.3 is 0 Å². The third-order valence-corrected chi connectivity index (χ3v) is 9.79. The highest BCUT2D eigenvalue weighted by atomic mass is 32.2. The fourth-order valence-corrected chi connectivity index (χ4v) is 7.40. The number of fused-ring (bicyclic) bond motifs is 3. The van der Waals surface area contributed by atoms with Crippen LogP contribution in [0.3, 0.4) is 0 Å². The van der Waals surface area contributed by atoms with Gasteiger partial charge in [-0.2, -0.15) is 5.10 Å². The van der Waals surface area contributed by atoms with Gasteiger partial charge in [-0.05, 0) is 75.1 Å². The molecule has 1 amide bonds. The minimum Gasteiger partial charge on any atom is -0.351 e. The van der Waals surface area contributed by atoms with Crippen LogP contribution in [0.4, 0.5) is 11.6 Å². The van der Waals surface area contributed by atoms with Crippen LogP contribution < -0.4 is 20.7 Å². The molecule has 5 rings (SSSR count). The van der Waals surface area contributed by atoms with Gasteiger partial charge in [0, 0.05) is 43.1 Å². The highest BCUT2D eigenvalue weighted by Gasteiger charge is 2.30. The van der Waals surface area contributed by atoms with E-state index in [-0.39, 0.29) is 23.7 Å². The van der Waals surface area contributed by atoms with E-state index in [0.29, 0.717) is 24.6 Å². The van der Waals surface area contributed by atoms with Crippen LogP contribution in [-0.4, -0.2) is 65.5 Å². The maximum atomic E-state index is 13.6. The molecule has 2 aromatic heterocycles. The number of aromatic nitrogens is 4.